The summed E-state index contributed by atoms with van der Waals surface area (Å²) >= 11 is 0. The van der Waals surface area contributed by atoms with Crippen LogP contribution in [-0.4, -0.2) is 30.9 Å². The van der Waals surface area contributed by atoms with Gasteiger partial charge in [0.25, 0.3) is 0 Å². The van der Waals surface area contributed by atoms with E-state index in [1.807, 2.05) is 0 Å². The van der Waals surface area contributed by atoms with Crippen molar-refractivity contribution in [3.05, 3.63) is 35.7 Å². The van der Waals surface area contributed by atoms with Gasteiger partial charge < -0.3 is 10.2 Å². The Balaban J connectivity index is 2.03. The molecular weight excluding hydrogens is 246 g/mol. The van der Waals surface area contributed by atoms with E-state index < -0.39 is 12.2 Å². The van der Waals surface area contributed by atoms with Gasteiger partial charge in [0, 0.05) is 12.0 Å². The molecule has 2 heterocycles. The van der Waals surface area contributed by atoms with Crippen LogP contribution in [0.15, 0.2) is 24.3 Å². The molecular formula is C13H13N3O3. The lowest BCUT2D eigenvalue weighted by molar-refractivity contribution is 0.0696. The lowest BCUT2D eigenvalue weighted by Crippen LogP contribution is -2.18. The maximum absolute atomic E-state index is 10.8. The molecule has 1 aliphatic rings. The Hall–Kier alpha value is -2.21. The Kier molecular flexibility index (Phi) is 2.79. The lowest BCUT2D eigenvalue weighted by Gasteiger charge is -2.21. The predicted octanol–water partition coefficient (Wildman–Crippen LogP) is 1.47. The molecule has 1 aliphatic heterocycles. The second-order valence-electron chi connectivity index (χ2n) is 4.57. The molecule has 2 aromatic rings. The Morgan fingerprint density at radius 1 is 1.26 bits per heavy atom. The minimum atomic E-state index is -0.963. The van der Waals surface area contributed by atoms with E-state index in [1.165, 1.54) is 12.1 Å². The summed E-state index contributed by atoms with van der Waals surface area (Å²) in [4.78, 5) is 10.8. The Bertz CT molecular complexity index is 619. The molecule has 98 valence electrons. The molecule has 0 fully saturated rings. The first-order valence-electron chi connectivity index (χ1n) is 6.12. The topological polar surface area (TPSA) is 88.2 Å². The summed E-state index contributed by atoms with van der Waals surface area (Å²) in [5.41, 5.74) is 0.979. The summed E-state index contributed by atoms with van der Waals surface area (Å²) in [6, 6.07) is 6.41. The van der Waals surface area contributed by atoms with Crippen LogP contribution in [0.4, 0.5) is 0 Å². The van der Waals surface area contributed by atoms with Gasteiger partial charge in [-0.3, -0.25) is 4.57 Å². The van der Waals surface area contributed by atoms with Crippen LogP contribution in [0.25, 0.3) is 11.4 Å². The summed E-state index contributed by atoms with van der Waals surface area (Å²) in [6.45, 7) is 0. The van der Waals surface area contributed by atoms with E-state index in [0.717, 1.165) is 24.2 Å². The molecule has 6 nitrogen and oxygen atoms in total. The van der Waals surface area contributed by atoms with Crippen molar-refractivity contribution >= 4 is 5.97 Å². The van der Waals surface area contributed by atoms with Crippen LogP contribution in [0.5, 0.6) is 0 Å². The van der Waals surface area contributed by atoms with Gasteiger partial charge in [-0.15, -0.1) is 10.2 Å². The zero-order chi connectivity index (χ0) is 13.4. The van der Waals surface area contributed by atoms with Gasteiger partial charge in [0.1, 0.15) is 12.1 Å². The third-order valence-electron chi connectivity index (χ3n) is 3.32. The number of carbonyl (C=O) groups is 1. The third-order valence-corrected chi connectivity index (χ3v) is 3.32. The van der Waals surface area contributed by atoms with Gasteiger partial charge in [0.05, 0.1) is 5.56 Å². The molecule has 2 N–H and O–H groups in total. The van der Waals surface area contributed by atoms with E-state index in [2.05, 4.69) is 10.2 Å². The van der Waals surface area contributed by atoms with E-state index in [1.54, 1.807) is 16.7 Å². The highest BCUT2D eigenvalue weighted by Crippen LogP contribution is 2.28. The first-order chi connectivity index (χ1) is 9.16. The summed E-state index contributed by atoms with van der Waals surface area (Å²) in [6.07, 6.45) is 1.78. The number of rotatable bonds is 2. The predicted molar refractivity (Wildman–Crippen MR) is 66.6 cm³/mol. The summed E-state index contributed by atoms with van der Waals surface area (Å²) in [5, 5.41) is 27.1. The van der Waals surface area contributed by atoms with Crippen LogP contribution >= 0.6 is 0 Å². The minimum Gasteiger partial charge on any atom is -0.478 e. The molecule has 19 heavy (non-hydrogen) atoms. The van der Waals surface area contributed by atoms with E-state index in [4.69, 9.17) is 5.11 Å². The van der Waals surface area contributed by atoms with Crippen LogP contribution in [-0.2, 0) is 6.42 Å². The third kappa shape index (κ3) is 2.00. The number of carboxylic acids is 1. The Labute approximate surface area is 109 Å². The first kappa shape index (κ1) is 11.9. The maximum Gasteiger partial charge on any atom is 0.335 e. The van der Waals surface area contributed by atoms with Crippen molar-refractivity contribution in [2.75, 3.05) is 0 Å². The molecule has 0 amide bonds. The van der Waals surface area contributed by atoms with E-state index >= 15 is 0 Å². The quantitative estimate of drug-likeness (QED) is 0.852. The molecule has 0 bridgehead atoms. The molecule has 0 saturated heterocycles. The molecule has 1 unspecified atom stereocenters. The zero-order valence-corrected chi connectivity index (χ0v) is 10.2. The number of nitrogens with zero attached hydrogens (tertiary/aromatic N) is 3. The van der Waals surface area contributed by atoms with Crippen molar-refractivity contribution in [1.82, 2.24) is 14.8 Å². The average molecular weight is 259 g/mol. The summed E-state index contributed by atoms with van der Waals surface area (Å²) in [7, 11) is 0. The number of hydrogen-bond donors (Lipinski definition) is 2. The first-order valence-corrected chi connectivity index (χ1v) is 6.12. The fourth-order valence-electron chi connectivity index (χ4n) is 2.34. The van der Waals surface area contributed by atoms with Crippen molar-refractivity contribution in [3.8, 4) is 11.4 Å². The van der Waals surface area contributed by atoms with Crippen LogP contribution in [0.1, 0.15) is 35.3 Å². The number of fused-ring (bicyclic) bond motifs is 1. The Morgan fingerprint density at radius 3 is 2.68 bits per heavy atom. The van der Waals surface area contributed by atoms with Crippen LogP contribution < -0.4 is 0 Å². The largest absolute Gasteiger partial charge is 0.478 e. The van der Waals surface area contributed by atoms with Crippen LogP contribution in [0.3, 0.4) is 0 Å². The van der Waals surface area contributed by atoms with Crippen molar-refractivity contribution in [3.63, 3.8) is 0 Å². The second kappa shape index (κ2) is 4.47. The number of aliphatic hydroxyl groups is 1. The molecule has 1 aromatic heterocycles. The normalized spacial score (nSPS) is 18.1. The fraction of sp³-hybridized carbons (Fsp3) is 0.308. The smallest absolute Gasteiger partial charge is 0.335 e. The number of hydrogen-bond acceptors (Lipinski definition) is 4. The number of aromatic carboxylic acids is 1. The Morgan fingerprint density at radius 2 is 2.00 bits per heavy atom. The van der Waals surface area contributed by atoms with Gasteiger partial charge in [-0.2, -0.15) is 0 Å². The van der Waals surface area contributed by atoms with Crippen molar-refractivity contribution in [2.45, 2.75) is 25.5 Å². The fourth-order valence-corrected chi connectivity index (χ4v) is 2.34. The molecule has 1 atom stereocenters. The molecule has 0 radical (unpaired) electrons. The second-order valence-corrected chi connectivity index (χ2v) is 4.57. The summed E-state index contributed by atoms with van der Waals surface area (Å²) < 4.78 is 1.72. The standard InChI is InChI=1S/C13H13N3O3/c17-11-3-1-2-10-14-15-12(16(10)11)8-4-6-9(7-5-8)13(18)19/h4-7,11,17H,1-3H2,(H,18,19). The van der Waals surface area contributed by atoms with Gasteiger partial charge in [-0.25, -0.2) is 4.79 Å². The SMILES string of the molecule is O=C(O)c1ccc(-c2nnc3n2C(O)CCC3)cc1. The highest BCUT2D eigenvalue weighted by atomic mass is 16.4. The molecule has 0 spiro atoms. The number of carboxylic acid groups (broad SMARTS) is 1. The lowest BCUT2D eigenvalue weighted by atomic mass is 10.1. The van der Waals surface area contributed by atoms with Crippen LogP contribution in [0, 0.1) is 0 Å². The van der Waals surface area contributed by atoms with Gasteiger partial charge >= 0.3 is 5.97 Å². The van der Waals surface area contributed by atoms with E-state index in [9.17, 15) is 9.90 Å². The number of benzene rings is 1. The van der Waals surface area contributed by atoms with Crippen molar-refractivity contribution < 1.29 is 15.0 Å². The highest BCUT2D eigenvalue weighted by Gasteiger charge is 2.23. The zero-order valence-electron chi connectivity index (χ0n) is 10.2. The van der Waals surface area contributed by atoms with E-state index in [-0.39, 0.29) is 5.56 Å². The van der Waals surface area contributed by atoms with Gasteiger partial charge in [0.15, 0.2) is 5.82 Å². The average Bonchev–Trinajstić information content (AvgIpc) is 2.84. The van der Waals surface area contributed by atoms with Crippen molar-refractivity contribution in [2.24, 2.45) is 0 Å². The van der Waals surface area contributed by atoms with Crippen molar-refractivity contribution in [1.29, 1.82) is 0 Å². The molecule has 3 rings (SSSR count). The highest BCUT2D eigenvalue weighted by molar-refractivity contribution is 5.88. The number of aliphatic hydroxyl groups excluding tert-OH is 1. The van der Waals surface area contributed by atoms with Gasteiger partial charge in [-0.1, -0.05) is 12.1 Å². The number of aromatic nitrogens is 3. The minimum absolute atomic E-state index is 0.225. The molecule has 6 heteroatoms. The molecule has 0 saturated carbocycles. The van der Waals surface area contributed by atoms with Gasteiger partial charge in [0.2, 0.25) is 0 Å². The maximum atomic E-state index is 10.8. The van der Waals surface area contributed by atoms with Gasteiger partial charge in [-0.05, 0) is 25.0 Å². The molecule has 1 aromatic carbocycles. The number of aryl methyl sites for hydroxylation is 1. The van der Waals surface area contributed by atoms with E-state index in [0.29, 0.717) is 12.2 Å². The summed E-state index contributed by atoms with van der Waals surface area (Å²) in [5.74, 6) is 0.394. The monoisotopic (exact) mass is 259 g/mol. The molecule has 0 aliphatic carbocycles. The van der Waals surface area contributed by atoms with Crippen LogP contribution in [0.2, 0.25) is 0 Å².